The lowest BCUT2D eigenvalue weighted by atomic mass is 9.87. The zero-order valence-corrected chi connectivity index (χ0v) is 13.1. The van der Waals surface area contributed by atoms with Crippen LogP contribution in [0.15, 0.2) is 30.3 Å². The van der Waals surface area contributed by atoms with E-state index in [1.807, 2.05) is 30.3 Å². The van der Waals surface area contributed by atoms with Gasteiger partial charge in [0, 0.05) is 18.0 Å². The van der Waals surface area contributed by atoms with Gasteiger partial charge >= 0.3 is 0 Å². The molecule has 0 bridgehead atoms. The summed E-state index contributed by atoms with van der Waals surface area (Å²) < 4.78 is 5.23. The maximum absolute atomic E-state index is 12.5. The summed E-state index contributed by atoms with van der Waals surface area (Å²) in [7, 11) is 1.57. The summed E-state index contributed by atoms with van der Waals surface area (Å²) in [5, 5.41) is 13.3. The van der Waals surface area contributed by atoms with E-state index in [1.54, 1.807) is 7.11 Å². The molecule has 1 aliphatic rings. The molecule has 1 aromatic carbocycles. The molecule has 0 aliphatic heterocycles. The van der Waals surface area contributed by atoms with Gasteiger partial charge in [0.15, 0.2) is 0 Å². The lowest BCUT2D eigenvalue weighted by molar-refractivity contribution is -0.128. The van der Waals surface area contributed by atoms with Gasteiger partial charge in [-0.2, -0.15) is 5.26 Å². The summed E-state index contributed by atoms with van der Waals surface area (Å²) in [4.78, 5) is 16.9. The van der Waals surface area contributed by atoms with Crippen molar-refractivity contribution >= 4 is 16.8 Å². The van der Waals surface area contributed by atoms with Crippen molar-refractivity contribution < 1.29 is 9.53 Å². The Kier molecular flexibility index (Phi) is 4.16. The number of nitrogens with one attached hydrogen (secondary N) is 1. The molecule has 2 aromatic rings. The zero-order chi connectivity index (χ0) is 16.3. The van der Waals surface area contributed by atoms with E-state index in [0.717, 1.165) is 29.3 Å². The number of para-hydroxylation sites is 1. The highest BCUT2D eigenvalue weighted by molar-refractivity contribution is 5.87. The van der Waals surface area contributed by atoms with Gasteiger partial charge in [0.2, 0.25) is 11.8 Å². The molecule has 1 aromatic heterocycles. The fourth-order valence-corrected chi connectivity index (χ4v) is 3.18. The predicted octanol–water partition coefficient (Wildman–Crippen LogP) is 2.94. The molecule has 0 saturated heterocycles. The van der Waals surface area contributed by atoms with E-state index in [4.69, 9.17) is 4.74 Å². The Bertz CT molecular complexity index is 773. The molecule has 1 fully saturated rings. The van der Waals surface area contributed by atoms with Crippen molar-refractivity contribution in [1.29, 1.82) is 5.26 Å². The van der Waals surface area contributed by atoms with Crippen LogP contribution in [0.1, 0.15) is 31.2 Å². The molecule has 0 spiro atoms. The van der Waals surface area contributed by atoms with E-state index in [0.29, 0.717) is 25.3 Å². The second kappa shape index (κ2) is 6.25. The second-order valence-electron chi connectivity index (χ2n) is 5.92. The van der Waals surface area contributed by atoms with Crippen molar-refractivity contribution in [2.24, 2.45) is 5.41 Å². The molecular formula is C18H19N3O2. The van der Waals surface area contributed by atoms with Gasteiger partial charge in [-0.1, -0.05) is 31.0 Å². The predicted molar refractivity (Wildman–Crippen MR) is 86.7 cm³/mol. The number of benzene rings is 1. The number of rotatable bonds is 4. The van der Waals surface area contributed by atoms with Crippen LogP contribution in [0.4, 0.5) is 0 Å². The van der Waals surface area contributed by atoms with E-state index in [9.17, 15) is 10.1 Å². The molecule has 5 nitrogen and oxygen atoms in total. The van der Waals surface area contributed by atoms with E-state index in [2.05, 4.69) is 16.4 Å². The summed E-state index contributed by atoms with van der Waals surface area (Å²) in [6, 6.07) is 11.8. The molecule has 23 heavy (non-hydrogen) atoms. The second-order valence-corrected chi connectivity index (χ2v) is 5.92. The summed E-state index contributed by atoms with van der Waals surface area (Å²) >= 11 is 0. The van der Waals surface area contributed by atoms with Crippen LogP contribution in [-0.2, 0) is 11.3 Å². The van der Waals surface area contributed by atoms with Gasteiger partial charge in [0.05, 0.1) is 18.7 Å². The highest BCUT2D eigenvalue weighted by Crippen LogP contribution is 2.37. The number of nitriles is 1. The van der Waals surface area contributed by atoms with Gasteiger partial charge in [0.1, 0.15) is 5.41 Å². The molecular weight excluding hydrogens is 290 g/mol. The number of aromatic nitrogens is 1. The number of amides is 1. The number of hydrogen-bond donors (Lipinski definition) is 1. The van der Waals surface area contributed by atoms with Crippen LogP contribution in [0.3, 0.4) is 0 Å². The average Bonchev–Trinajstić information content (AvgIpc) is 3.09. The van der Waals surface area contributed by atoms with Gasteiger partial charge in [0.25, 0.3) is 0 Å². The standard InChI is InChI=1S/C18H19N3O2/c1-23-16-10-13(14-6-2-3-7-15(14)21-16)11-20-17(22)18(12-19)8-4-5-9-18/h2-3,6-7,10H,4-5,8-9,11H2,1H3,(H,20,22). The Morgan fingerprint density at radius 2 is 2.13 bits per heavy atom. The van der Waals surface area contributed by atoms with Crippen LogP contribution >= 0.6 is 0 Å². The third-order valence-corrected chi connectivity index (χ3v) is 4.53. The number of fused-ring (bicyclic) bond motifs is 1. The van der Waals surface area contributed by atoms with Crippen LogP contribution in [-0.4, -0.2) is 18.0 Å². The topological polar surface area (TPSA) is 75.0 Å². The number of carbonyl (C=O) groups is 1. The average molecular weight is 309 g/mol. The minimum atomic E-state index is -0.854. The largest absolute Gasteiger partial charge is 0.481 e. The molecule has 1 aliphatic carbocycles. The first-order chi connectivity index (χ1) is 11.2. The first-order valence-corrected chi connectivity index (χ1v) is 7.81. The Labute approximate surface area is 135 Å². The van der Waals surface area contributed by atoms with Crippen molar-refractivity contribution in [2.45, 2.75) is 32.2 Å². The normalized spacial score (nSPS) is 16.0. The van der Waals surface area contributed by atoms with E-state index in [-0.39, 0.29) is 5.91 Å². The lowest BCUT2D eigenvalue weighted by Crippen LogP contribution is -2.37. The summed E-state index contributed by atoms with van der Waals surface area (Å²) in [5.74, 6) is 0.348. The van der Waals surface area contributed by atoms with Gasteiger partial charge in [-0.15, -0.1) is 0 Å². The molecule has 1 amide bonds. The van der Waals surface area contributed by atoms with E-state index >= 15 is 0 Å². The van der Waals surface area contributed by atoms with Crippen LogP contribution < -0.4 is 10.1 Å². The Morgan fingerprint density at radius 3 is 2.83 bits per heavy atom. The number of methoxy groups -OCH3 is 1. The van der Waals surface area contributed by atoms with Gasteiger partial charge in [-0.05, 0) is 24.5 Å². The first-order valence-electron chi connectivity index (χ1n) is 7.81. The molecule has 1 saturated carbocycles. The number of hydrogen-bond acceptors (Lipinski definition) is 4. The number of ether oxygens (including phenoxy) is 1. The SMILES string of the molecule is COc1cc(CNC(=O)C2(C#N)CCCC2)c2ccccc2n1. The monoisotopic (exact) mass is 309 g/mol. The number of nitrogens with zero attached hydrogens (tertiary/aromatic N) is 2. The van der Waals surface area contributed by atoms with Gasteiger partial charge in [-0.3, -0.25) is 4.79 Å². The number of pyridine rings is 1. The molecule has 0 atom stereocenters. The van der Waals surface area contributed by atoms with Crippen LogP contribution in [0, 0.1) is 16.7 Å². The van der Waals surface area contributed by atoms with Crippen LogP contribution in [0.5, 0.6) is 5.88 Å². The maximum Gasteiger partial charge on any atom is 0.240 e. The minimum Gasteiger partial charge on any atom is -0.481 e. The fraction of sp³-hybridized carbons (Fsp3) is 0.389. The highest BCUT2D eigenvalue weighted by Gasteiger charge is 2.41. The molecule has 1 N–H and O–H groups in total. The van der Waals surface area contributed by atoms with Crippen LogP contribution in [0.25, 0.3) is 10.9 Å². The molecule has 1 heterocycles. The number of carbonyl (C=O) groups excluding carboxylic acids is 1. The Morgan fingerprint density at radius 1 is 1.39 bits per heavy atom. The third-order valence-electron chi connectivity index (χ3n) is 4.53. The Hall–Kier alpha value is -2.61. The van der Waals surface area contributed by atoms with Crippen molar-refractivity contribution in [3.8, 4) is 11.9 Å². The van der Waals surface area contributed by atoms with Crippen LogP contribution in [0.2, 0.25) is 0 Å². The van der Waals surface area contributed by atoms with Crippen molar-refractivity contribution in [3.63, 3.8) is 0 Å². The highest BCUT2D eigenvalue weighted by atomic mass is 16.5. The lowest BCUT2D eigenvalue weighted by Gasteiger charge is -2.19. The molecule has 0 unspecified atom stereocenters. The Balaban J connectivity index is 1.84. The molecule has 0 radical (unpaired) electrons. The quantitative estimate of drug-likeness (QED) is 0.942. The minimum absolute atomic E-state index is 0.169. The van der Waals surface area contributed by atoms with Crippen molar-refractivity contribution in [1.82, 2.24) is 10.3 Å². The summed E-state index contributed by atoms with van der Waals surface area (Å²) in [6.45, 7) is 0.363. The molecule has 118 valence electrons. The van der Waals surface area contributed by atoms with Crippen molar-refractivity contribution in [3.05, 3.63) is 35.9 Å². The zero-order valence-electron chi connectivity index (χ0n) is 13.1. The van der Waals surface area contributed by atoms with E-state index < -0.39 is 5.41 Å². The molecule has 3 rings (SSSR count). The van der Waals surface area contributed by atoms with Gasteiger partial charge in [-0.25, -0.2) is 4.98 Å². The summed E-state index contributed by atoms with van der Waals surface area (Å²) in [5.41, 5.74) is 0.909. The maximum atomic E-state index is 12.5. The molecule has 5 heteroatoms. The van der Waals surface area contributed by atoms with Crippen molar-refractivity contribution in [2.75, 3.05) is 7.11 Å². The fourth-order valence-electron chi connectivity index (χ4n) is 3.18. The van der Waals surface area contributed by atoms with E-state index in [1.165, 1.54) is 0 Å². The third kappa shape index (κ3) is 2.85. The smallest absolute Gasteiger partial charge is 0.240 e. The summed E-state index contributed by atoms with van der Waals surface area (Å²) in [6.07, 6.45) is 3.17. The first kappa shape index (κ1) is 15.3. The van der Waals surface area contributed by atoms with Gasteiger partial charge < -0.3 is 10.1 Å².